The van der Waals surface area contributed by atoms with Crippen LogP contribution in [0.3, 0.4) is 0 Å². The van der Waals surface area contributed by atoms with Crippen LogP contribution in [0.4, 0.5) is 4.39 Å². The van der Waals surface area contributed by atoms with Crippen molar-refractivity contribution >= 4 is 0 Å². The van der Waals surface area contributed by atoms with Gasteiger partial charge >= 0.3 is 0 Å². The molecule has 0 aromatic heterocycles. The Hall–Kier alpha value is -0.150. The molecule has 1 unspecified atom stereocenters. The first kappa shape index (κ1) is 10.4. The predicted molar refractivity (Wildman–Crippen MR) is 56.2 cm³/mol. The van der Waals surface area contributed by atoms with Crippen LogP contribution in [0, 0.1) is 0 Å². The number of nitrogens with zero attached hydrogens (tertiary/aromatic N) is 2. The molecular formula is C11H21FN2. The molecule has 3 heteroatoms. The van der Waals surface area contributed by atoms with E-state index in [4.69, 9.17) is 0 Å². The lowest BCUT2D eigenvalue weighted by molar-refractivity contribution is 0.0986. The summed E-state index contributed by atoms with van der Waals surface area (Å²) < 4.78 is 12.7. The summed E-state index contributed by atoms with van der Waals surface area (Å²) in [6.45, 7) is 3.34. The van der Waals surface area contributed by atoms with Crippen LogP contribution < -0.4 is 0 Å². The van der Waals surface area contributed by atoms with Gasteiger partial charge in [-0.25, -0.2) is 4.39 Å². The topological polar surface area (TPSA) is 6.48 Å². The molecule has 2 saturated heterocycles. The lowest BCUT2D eigenvalue weighted by Gasteiger charge is -2.37. The maximum Gasteiger partial charge on any atom is 0.105 e. The highest BCUT2D eigenvalue weighted by atomic mass is 19.1. The fraction of sp³-hybridized carbons (Fsp3) is 1.00. The smallest absolute Gasteiger partial charge is 0.105 e. The van der Waals surface area contributed by atoms with E-state index >= 15 is 0 Å². The van der Waals surface area contributed by atoms with E-state index in [9.17, 15) is 4.39 Å². The van der Waals surface area contributed by atoms with Crippen molar-refractivity contribution in [3.05, 3.63) is 0 Å². The molecule has 0 aromatic rings. The summed E-state index contributed by atoms with van der Waals surface area (Å²) in [7, 11) is 2.17. The molecule has 2 rings (SSSR count). The Morgan fingerprint density at radius 1 is 1.14 bits per heavy atom. The number of hydrogen-bond acceptors (Lipinski definition) is 2. The second-order valence-corrected chi connectivity index (χ2v) is 4.72. The Labute approximate surface area is 86.1 Å². The largest absolute Gasteiger partial charge is 0.306 e. The van der Waals surface area contributed by atoms with Gasteiger partial charge in [0.15, 0.2) is 0 Å². The molecule has 2 heterocycles. The molecule has 2 aliphatic rings. The Bertz CT molecular complexity index is 178. The van der Waals surface area contributed by atoms with Crippen LogP contribution in [0.15, 0.2) is 0 Å². The van der Waals surface area contributed by atoms with E-state index in [1.165, 1.54) is 32.4 Å². The monoisotopic (exact) mass is 200 g/mol. The first-order chi connectivity index (χ1) is 6.81. The van der Waals surface area contributed by atoms with Gasteiger partial charge in [0.25, 0.3) is 0 Å². The third-order valence-electron chi connectivity index (χ3n) is 3.76. The highest BCUT2D eigenvalue weighted by Crippen LogP contribution is 2.25. The first-order valence-electron chi connectivity index (χ1n) is 5.81. The third kappa shape index (κ3) is 2.09. The summed E-state index contributed by atoms with van der Waals surface area (Å²) >= 11 is 0. The second kappa shape index (κ2) is 4.58. The minimum Gasteiger partial charge on any atom is -0.306 e. The Kier molecular flexibility index (Phi) is 3.39. The van der Waals surface area contributed by atoms with Crippen molar-refractivity contribution in [2.45, 2.75) is 37.8 Å². The predicted octanol–water partition coefficient (Wildman–Crippen LogP) is 1.51. The molecule has 0 N–H and O–H groups in total. The normalized spacial score (nSPS) is 32.6. The van der Waals surface area contributed by atoms with Crippen molar-refractivity contribution in [3.8, 4) is 0 Å². The van der Waals surface area contributed by atoms with E-state index in [1.807, 2.05) is 0 Å². The molecule has 2 aliphatic heterocycles. The van der Waals surface area contributed by atoms with Gasteiger partial charge in [-0.3, -0.25) is 4.90 Å². The maximum absolute atomic E-state index is 12.7. The first-order valence-corrected chi connectivity index (χ1v) is 5.81. The van der Waals surface area contributed by atoms with Gasteiger partial charge in [0.05, 0.1) is 0 Å². The summed E-state index contributed by atoms with van der Waals surface area (Å²) in [6.07, 6.45) is 4.73. The van der Waals surface area contributed by atoms with Gasteiger partial charge in [0, 0.05) is 12.1 Å². The average molecular weight is 200 g/mol. The summed E-state index contributed by atoms with van der Waals surface area (Å²) in [6, 6.07) is 0.901. The SMILES string of the molecule is CN1CCC(N2CCCC2CF)CC1. The zero-order chi connectivity index (χ0) is 9.97. The summed E-state index contributed by atoms with van der Waals surface area (Å²) in [5, 5.41) is 0. The van der Waals surface area contributed by atoms with Crippen molar-refractivity contribution in [3.63, 3.8) is 0 Å². The standard InChI is InChI=1S/C11H21FN2/c1-13-7-4-10(5-8-13)14-6-2-3-11(14)9-12/h10-11H,2-9H2,1H3. The molecule has 0 radical (unpaired) electrons. The van der Waals surface area contributed by atoms with Gasteiger partial charge in [-0.05, 0) is 52.4 Å². The third-order valence-corrected chi connectivity index (χ3v) is 3.76. The van der Waals surface area contributed by atoms with Gasteiger partial charge in [-0.15, -0.1) is 0 Å². The molecular weight excluding hydrogens is 179 g/mol. The van der Waals surface area contributed by atoms with Gasteiger partial charge < -0.3 is 4.90 Å². The molecule has 0 amide bonds. The van der Waals surface area contributed by atoms with Gasteiger partial charge in [0.1, 0.15) is 6.67 Å². The molecule has 0 saturated carbocycles. The van der Waals surface area contributed by atoms with Crippen LogP contribution in [0.1, 0.15) is 25.7 Å². The molecule has 82 valence electrons. The van der Waals surface area contributed by atoms with Crippen molar-refractivity contribution in [2.24, 2.45) is 0 Å². The highest BCUT2D eigenvalue weighted by molar-refractivity contribution is 4.87. The zero-order valence-corrected chi connectivity index (χ0v) is 9.08. The van der Waals surface area contributed by atoms with Crippen LogP contribution in [0.2, 0.25) is 0 Å². The summed E-state index contributed by atoms with van der Waals surface area (Å²) in [4.78, 5) is 4.80. The molecule has 1 atom stereocenters. The average Bonchev–Trinajstić information content (AvgIpc) is 2.67. The van der Waals surface area contributed by atoms with E-state index in [0.717, 1.165) is 13.0 Å². The van der Waals surface area contributed by atoms with E-state index in [1.54, 1.807) is 0 Å². The molecule has 0 aromatic carbocycles. The minimum atomic E-state index is -0.146. The Morgan fingerprint density at radius 3 is 2.50 bits per heavy atom. The highest BCUT2D eigenvalue weighted by Gasteiger charge is 2.31. The van der Waals surface area contributed by atoms with Gasteiger partial charge in [-0.2, -0.15) is 0 Å². The quantitative estimate of drug-likeness (QED) is 0.667. The van der Waals surface area contributed by atoms with Crippen LogP contribution in [-0.4, -0.2) is 55.2 Å². The Balaban J connectivity index is 1.88. The van der Waals surface area contributed by atoms with Crippen molar-refractivity contribution in [1.29, 1.82) is 0 Å². The van der Waals surface area contributed by atoms with Crippen LogP contribution in [0.5, 0.6) is 0 Å². The van der Waals surface area contributed by atoms with Crippen molar-refractivity contribution in [2.75, 3.05) is 33.4 Å². The molecule has 2 fully saturated rings. The zero-order valence-electron chi connectivity index (χ0n) is 9.08. The van der Waals surface area contributed by atoms with Crippen LogP contribution in [-0.2, 0) is 0 Å². The number of likely N-dealkylation sites (tertiary alicyclic amines) is 2. The molecule has 2 nitrogen and oxygen atoms in total. The number of halogens is 1. The number of rotatable bonds is 2. The Morgan fingerprint density at radius 2 is 1.86 bits per heavy atom. The number of hydrogen-bond donors (Lipinski definition) is 0. The lowest BCUT2D eigenvalue weighted by atomic mass is 10.0. The summed E-state index contributed by atoms with van der Waals surface area (Å²) in [5.74, 6) is 0. The van der Waals surface area contributed by atoms with Crippen LogP contribution in [0.25, 0.3) is 0 Å². The van der Waals surface area contributed by atoms with Crippen molar-refractivity contribution in [1.82, 2.24) is 9.80 Å². The van der Waals surface area contributed by atoms with E-state index < -0.39 is 0 Å². The molecule has 14 heavy (non-hydrogen) atoms. The fourth-order valence-corrected chi connectivity index (χ4v) is 2.83. The van der Waals surface area contributed by atoms with Crippen LogP contribution >= 0.6 is 0 Å². The van der Waals surface area contributed by atoms with E-state index in [-0.39, 0.29) is 12.7 Å². The van der Waals surface area contributed by atoms with E-state index in [2.05, 4.69) is 16.8 Å². The number of piperidine rings is 1. The second-order valence-electron chi connectivity index (χ2n) is 4.72. The minimum absolute atomic E-state index is 0.146. The molecule has 0 bridgehead atoms. The molecule has 0 spiro atoms. The number of alkyl halides is 1. The van der Waals surface area contributed by atoms with E-state index in [0.29, 0.717) is 6.04 Å². The molecule has 0 aliphatic carbocycles. The summed E-state index contributed by atoms with van der Waals surface area (Å²) in [5.41, 5.74) is 0. The fourth-order valence-electron chi connectivity index (χ4n) is 2.83. The van der Waals surface area contributed by atoms with Crippen molar-refractivity contribution < 1.29 is 4.39 Å². The van der Waals surface area contributed by atoms with Gasteiger partial charge in [0.2, 0.25) is 0 Å². The lowest BCUT2D eigenvalue weighted by Crippen LogP contribution is -2.46. The maximum atomic E-state index is 12.7. The van der Waals surface area contributed by atoms with Gasteiger partial charge in [-0.1, -0.05) is 0 Å².